The van der Waals surface area contributed by atoms with Gasteiger partial charge in [-0.3, -0.25) is 0 Å². The molecule has 0 unspecified atom stereocenters. The largest absolute Gasteiger partial charge is 4.00 e. The van der Waals surface area contributed by atoms with Crippen molar-refractivity contribution in [3.8, 4) is 0 Å². The van der Waals surface area contributed by atoms with Crippen molar-refractivity contribution < 1.29 is 55.7 Å². The molecule has 0 aliphatic heterocycles. The first kappa shape index (κ1) is 31.7. The molecule has 0 aromatic carbocycles. The van der Waals surface area contributed by atoms with Crippen LogP contribution in [0.3, 0.4) is 0 Å². The number of rotatable bonds is 0. The Kier molecular flexibility index (Phi) is 142. The van der Waals surface area contributed by atoms with Gasteiger partial charge in [0, 0.05) is 0 Å². The van der Waals surface area contributed by atoms with Gasteiger partial charge in [-0.25, -0.2) is 0 Å². The van der Waals surface area contributed by atoms with Gasteiger partial charge in [0.15, 0.2) is 0 Å². The van der Waals surface area contributed by atoms with Crippen LogP contribution in [0.15, 0.2) is 0 Å². The number of hydrogen-bond acceptors (Lipinski definition) is 0. The Labute approximate surface area is 78.5 Å². The second kappa shape index (κ2) is 17.9. The topological polar surface area (TPSA) is 0 Å². The number of hydrogen-bond donors (Lipinski definition) is 0. The first-order valence-electron chi connectivity index (χ1n) is 0. The Morgan fingerprint density at radius 3 is 0.750 bits per heavy atom. The van der Waals surface area contributed by atoms with Crippen molar-refractivity contribution in [1.82, 2.24) is 0 Å². The molecule has 0 aromatic rings. The Hall–Kier alpha value is 2.47. The monoisotopic (exact) mass is 326 g/mol. The van der Waals surface area contributed by atoms with Gasteiger partial charge in [-0.05, 0) is 0 Å². The predicted octanol–water partition coefficient (Wildman–Crippen LogP) is -6.38. The minimum Gasteiger partial charge on any atom is -1.00 e. The summed E-state index contributed by atoms with van der Waals surface area (Å²) in [4.78, 5) is 0. The molecule has 16 valence electrons. The first-order chi connectivity index (χ1) is 0. The standard InChI is InChI=1S/2BrH.Sn.Ti/h2*1H;;/q;;2*+4/p-2. The fourth-order valence-corrected chi connectivity index (χ4v) is 0. The smallest absolute Gasteiger partial charge is 1.00 e. The van der Waals surface area contributed by atoms with Crippen LogP contribution in [-0.4, -0.2) is 23.9 Å². The molecule has 0 nitrogen and oxygen atoms in total. The average molecular weight is 326 g/mol. The van der Waals surface area contributed by atoms with Crippen molar-refractivity contribution in [1.29, 1.82) is 0 Å². The normalized spacial score (nSPS) is 0. The molecule has 4 heavy (non-hydrogen) atoms. The summed E-state index contributed by atoms with van der Waals surface area (Å²) in [5.41, 5.74) is 0. The average Bonchev–Trinajstić information content (AvgIpc) is 0. The van der Waals surface area contributed by atoms with E-state index < -0.39 is 0 Å². The first-order valence-corrected chi connectivity index (χ1v) is 0. The molecule has 0 saturated carbocycles. The predicted molar refractivity (Wildman–Crippen MR) is 5.75 cm³/mol. The molecule has 0 heterocycles. The van der Waals surface area contributed by atoms with Crippen molar-refractivity contribution in [3.63, 3.8) is 0 Å². The number of halogens is 2. The van der Waals surface area contributed by atoms with Crippen LogP contribution in [0.2, 0.25) is 0 Å². The minimum absolute atomic E-state index is 0. The van der Waals surface area contributed by atoms with Crippen molar-refractivity contribution in [2.24, 2.45) is 0 Å². The fraction of sp³-hybridized carbons (Fsp3) is 0. The van der Waals surface area contributed by atoms with Gasteiger partial charge in [0.1, 0.15) is 0 Å². The quantitative estimate of drug-likeness (QED) is 0.389. The zero-order valence-electron chi connectivity index (χ0n) is 1.76. The van der Waals surface area contributed by atoms with Crippen molar-refractivity contribution in [2.45, 2.75) is 0 Å². The molecule has 0 N–H and O–H groups in total. The second-order valence-corrected chi connectivity index (χ2v) is 0. The zero-order valence-corrected chi connectivity index (χ0v) is 9.34. The van der Waals surface area contributed by atoms with Crippen LogP contribution in [0.25, 0.3) is 0 Å². The molecule has 0 spiro atoms. The summed E-state index contributed by atoms with van der Waals surface area (Å²) in [6, 6.07) is 0. The maximum Gasteiger partial charge on any atom is 4.00 e. The third-order valence-electron chi connectivity index (χ3n) is 0. The van der Waals surface area contributed by atoms with Gasteiger partial charge in [-0.1, -0.05) is 0 Å². The van der Waals surface area contributed by atoms with E-state index in [1.54, 1.807) is 0 Å². The molecule has 0 saturated heterocycles. The molecule has 0 rings (SSSR count). The Bertz CT molecular complexity index is 6.00. The summed E-state index contributed by atoms with van der Waals surface area (Å²) < 4.78 is 0. The third kappa shape index (κ3) is 8.82. The molecule has 0 radical (unpaired) electrons. The second-order valence-electron chi connectivity index (χ2n) is 0. The van der Waals surface area contributed by atoms with E-state index in [1.807, 2.05) is 0 Å². The van der Waals surface area contributed by atoms with Crippen molar-refractivity contribution in [3.05, 3.63) is 0 Å². The van der Waals surface area contributed by atoms with Crippen molar-refractivity contribution in [2.75, 3.05) is 0 Å². The van der Waals surface area contributed by atoms with Crippen LogP contribution in [0.4, 0.5) is 0 Å². The van der Waals surface area contributed by atoms with E-state index in [0.29, 0.717) is 0 Å². The van der Waals surface area contributed by atoms with Crippen LogP contribution in [0.1, 0.15) is 0 Å². The van der Waals surface area contributed by atoms with Gasteiger partial charge in [-0.15, -0.1) is 0 Å². The minimum atomic E-state index is 0. The SMILES string of the molecule is [Br-].[Br-].[Sn+4].[Ti+4]. The van der Waals surface area contributed by atoms with Crippen LogP contribution in [-0.2, 0) is 21.7 Å². The summed E-state index contributed by atoms with van der Waals surface area (Å²) in [7, 11) is 0. The van der Waals surface area contributed by atoms with Crippen LogP contribution >= 0.6 is 0 Å². The van der Waals surface area contributed by atoms with E-state index in [1.165, 1.54) is 0 Å². The Balaban J connectivity index is 0. The van der Waals surface area contributed by atoms with Crippen LogP contribution in [0.5, 0.6) is 0 Å². The van der Waals surface area contributed by atoms with Gasteiger partial charge >= 0.3 is 45.6 Å². The van der Waals surface area contributed by atoms with E-state index in [9.17, 15) is 0 Å². The van der Waals surface area contributed by atoms with Gasteiger partial charge in [0.05, 0.1) is 0 Å². The summed E-state index contributed by atoms with van der Waals surface area (Å²) in [6.45, 7) is 0. The fourth-order valence-electron chi connectivity index (χ4n) is 0. The summed E-state index contributed by atoms with van der Waals surface area (Å²) >= 11 is 0. The van der Waals surface area contributed by atoms with E-state index in [4.69, 9.17) is 0 Å². The molecule has 4 heteroatoms. The third-order valence-corrected chi connectivity index (χ3v) is 0. The van der Waals surface area contributed by atoms with Crippen molar-refractivity contribution >= 4 is 23.9 Å². The summed E-state index contributed by atoms with van der Waals surface area (Å²) in [5, 5.41) is 0. The van der Waals surface area contributed by atoms with E-state index in [-0.39, 0.29) is 79.6 Å². The summed E-state index contributed by atoms with van der Waals surface area (Å²) in [5.74, 6) is 0. The summed E-state index contributed by atoms with van der Waals surface area (Å²) in [6.07, 6.45) is 0. The molecule has 0 fully saturated rings. The Morgan fingerprint density at radius 1 is 0.750 bits per heavy atom. The zero-order chi connectivity index (χ0) is 0. The molecule has 0 atom stereocenters. The molecule has 0 bridgehead atoms. The molecular formula is Br2SnTi+6. The van der Waals surface area contributed by atoms with Gasteiger partial charge < -0.3 is 34.0 Å². The molecule has 0 aliphatic carbocycles. The molecular weight excluding hydrogens is 326 g/mol. The molecule has 0 aromatic heterocycles. The van der Waals surface area contributed by atoms with E-state index in [2.05, 4.69) is 0 Å². The maximum absolute atomic E-state index is 0. The molecule has 0 amide bonds. The van der Waals surface area contributed by atoms with E-state index >= 15 is 0 Å². The maximum atomic E-state index is 0. The van der Waals surface area contributed by atoms with E-state index in [0.717, 1.165) is 0 Å². The van der Waals surface area contributed by atoms with Gasteiger partial charge in [0.25, 0.3) is 0 Å². The Morgan fingerprint density at radius 2 is 0.750 bits per heavy atom. The van der Waals surface area contributed by atoms with Gasteiger partial charge in [-0.2, -0.15) is 0 Å². The molecule has 0 aliphatic rings. The van der Waals surface area contributed by atoms with Gasteiger partial charge in [0.2, 0.25) is 0 Å². The van der Waals surface area contributed by atoms with Crippen LogP contribution < -0.4 is 34.0 Å². The van der Waals surface area contributed by atoms with Crippen LogP contribution in [0, 0.1) is 0 Å².